The van der Waals surface area contributed by atoms with Gasteiger partial charge in [0, 0.05) is 28.2 Å². The number of ketones is 1. The summed E-state index contributed by atoms with van der Waals surface area (Å²) in [6, 6.07) is 4.86. The van der Waals surface area contributed by atoms with Crippen LogP contribution < -0.4 is 5.32 Å². The highest BCUT2D eigenvalue weighted by atomic mass is 19.4. The number of hydrogen-bond acceptors (Lipinski definition) is 4. The molecule has 3 rings (SSSR count). The van der Waals surface area contributed by atoms with Gasteiger partial charge in [0.1, 0.15) is 0 Å². The summed E-state index contributed by atoms with van der Waals surface area (Å²) in [5.74, 6) is -2.65. The third-order valence-electron chi connectivity index (χ3n) is 5.43. The van der Waals surface area contributed by atoms with Crippen LogP contribution in [-0.4, -0.2) is 30.1 Å². The molecule has 2 aromatic rings. The van der Waals surface area contributed by atoms with Crippen LogP contribution >= 0.6 is 0 Å². The second kappa shape index (κ2) is 7.72. The highest BCUT2D eigenvalue weighted by molar-refractivity contribution is 6.21. The Hall–Kier alpha value is -3.36. The Bertz CT molecular complexity index is 1110. The monoisotopic (exact) mass is 435 g/mol. The zero-order valence-corrected chi connectivity index (χ0v) is 16.5. The van der Waals surface area contributed by atoms with Crippen molar-refractivity contribution in [2.45, 2.75) is 32.1 Å². The van der Waals surface area contributed by atoms with E-state index in [2.05, 4.69) is 0 Å². The van der Waals surface area contributed by atoms with E-state index in [0.717, 1.165) is 24.3 Å². The lowest BCUT2D eigenvalue weighted by atomic mass is 9.83. The number of halogens is 4. The molecule has 162 valence electrons. The van der Waals surface area contributed by atoms with Gasteiger partial charge in [0.15, 0.2) is 12.1 Å². The van der Waals surface area contributed by atoms with Gasteiger partial charge in [-0.1, -0.05) is 32.0 Å². The Balaban J connectivity index is 2.20. The number of rotatable bonds is 6. The van der Waals surface area contributed by atoms with E-state index in [0.29, 0.717) is 18.6 Å². The lowest BCUT2D eigenvalue weighted by Crippen LogP contribution is -2.39. The molecular formula is C22H17F4NO4. The van der Waals surface area contributed by atoms with Crippen LogP contribution in [0.1, 0.15) is 72.8 Å². The predicted molar refractivity (Wildman–Crippen MR) is 102 cm³/mol. The number of carbonyl (C=O) groups is 4. The van der Waals surface area contributed by atoms with Crippen LogP contribution in [-0.2, 0) is 5.67 Å². The summed E-state index contributed by atoms with van der Waals surface area (Å²) >= 11 is 0. The number of hydrogen-bond donors (Lipinski definition) is 1. The van der Waals surface area contributed by atoms with Gasteiger partial charge in [0.25, 0.3) is 17.5 Å². The number of benzene rings is 2. The molecule has 0 saturated heterocycles. The van der Waals surface area contributed by atoms with E-state index in [-0.39, 0.29) is 28.5 Å². The van der Waals surface area contributed by atoms with E-state index in [1.165, 1.54) is 0 Å². The zero-order chi connectivity index (χ0) is 23.1. The van der Waals surface area contributed by atoms with Crippen LogP contribution in [0.4, 0.5) is 17.6 Å². The summed E-state index contributed by atoms with van der Waals surface area (Å²) < 4.78 is 57.7. The second-order valence-corrected chi connectivity index (χ2v) is 7.29. The van der Waals surface area contributed by atoms with Crippen molar-refractivity contribution in [2.75, 3.05) is 0 Å². The molecule has 31 heavy (non-hydrogen) atoms. The number of nitrogens with one attached hydrogen (secondary N) is 1. The molecule has 1 N–H and O–H groups in total. The first-order valence-electron chi connectivity index (χ1n) is 9.35. The average Bonchev–Trinajstić information content (AvgIpc) is 3.03. The fourth-order valence-corrected chi connectivity index (χ4v) is 3.43. The summed E-state index contributed by atoms with van der Waals surface area (Å²) in [5, 5.41) is 1.93. The molecule has 2 atom stereocenters. The summed E-state index contributed by atoms with van der Waals surface area (Å²) in [4.78, 5) is 47.4. The van der Waals surface area contributed by atoms with Crippen molar-refractivity contribution in [1.82, 2.24) is 5.32 Å². The number of Topliss-reactive ketones (excluding diaryl/α,β-unsaturated/α-hetero) is 1. The Morgan fingerprint density at radius 3 is 2.16 bits per heavy atom. The van der Waals surface area contributed by atoms with Crippen LogP contribution in [0.2, 0.25) is 0 Å². The minimum Gasteiger partial charge on any atom is -0.298 e. The first-order valence-corrected chi connectivity index (χ1v) is 9.35. The molecule has 1 aliphatic heterocycles. The standard InChI is InChI=1S/C22H17F4NO4/c1-3-11(2)18(29)15-6-4-13(8-12(15)10-28)21(23,22(24,25)26)14-5-7-16-17(9-14)20(31)27-19(16)30/h4-11H,3H2,1-2H3,(H,27,30,31). The third kappa shape index (κ3) is 3.54. The van der Waals surface area contributed by atoms with Crippen LogP contribution in [0.5, 0.6) is 0 Å². The molecular weight excluding hydrogens is 418 g/mol. The fraction of sp³-hybridized carbons (Fsp3) is 0.273. The highest BCUT2D eigenvalue weighted by Crippen LogP contribution is 2.48. The predicted octanol–water partition coefficient (Wildman–Crippen LogP) is 4.39. The van der Waals surface area contributed by atoms with Gasteiger partial charge in [0.05, 0.1) is 11.1 Å². The quantitative estimate of drug-likeness (QED) is 0.316. The maximum atomic E-state index is 15.8. The third-order valence-corrected chi connectivity index (χ3v) is 5.43. The van der Waals surface area contributed by atoms with Crippen molar-refractivity contribution >= 4 is 23.9 Å². The number of amides is 2. The molecule has 1 aliphatic rings. The van der Waals surface area contributed by atoms with Gasteiger partial charge < -0.3 is 0 Å². The van der Waals surface area contributed by atoms with Gasteiger partial charge in [-0.05, 0) is 24.6 Å². The van der Waals surface area contributed by atoms with Crippen molar-refractivity contribution in [1.29, 1.82) is 0 Å². The molecule has 0 aliphatic carbocycles. The summed E-state index contributed by atoms with van der Waals surface area (Å²) in [7, 11) is 0. The molecule has 5 nitrogen and oxygen atoms in total. The largest absolute Gasteiger partial charge is 0.431 e. The van der Waals surface area contributed by atoms with E-state index in [1.54, 1.807) is 13.8 Å². The molecule has 0 radical (unpaired) electrons. The van der Waals surface area contributed by atoms with Gasteiger partial charge in [-0.2, -0.15) is 13.2 Å². The molecule has 9 heteroatoms. The Morgan fingerprint density at radius 1 is 1.00 bits per heavy atom. The summed E-state index contributed by atoms with van der Waals surface area (Å²) in [5.41, 5.74) is -6.97. The van der Waals surface area contributed by atoms with Crippen molar-refractivity contribution in [3.05, 3.63) is 69.8 Å². The van der Waals surface area contributed by atoms with Gasteiger partial charge in [-0.3, -0.25) is 24.5 Å². The molecule has 2 unspecified atom stereocenters. The summed E-state index contributed by atoms with van der Waals surface area (Å²) in [6.45, 7) is 3.35. The number of aldehydes is 1. The van der Waals surface area contributed by atoms with Crippen LogP contribution in [0, 0.1) is 5.92 Å². The van der Waals surface area contributed by atoms with Gasteiger partial charge >= 0.3 is 6.18 Å². The molecule has 0 bridgehead atoms. The molecule has 2 aromatic carbocycles. The molecule has 2 amide bonds. The molecule has 1 heterocycles. The minimum absolute atomic E-state index is 0.100. The summed E-state index contributed by atoms with van der Waals surface area (Å²) in [6.07, 6.45) is -4.82. The average molecular weight is 435 g/mol. The van der Waals surface area contributed by atoms with E-state index in [9.17, 15) is 32.3 Å². The Morgan fingerprint density at radius 2 is 1.58 bits per heavy atom. The van der Waals surface area contributed by atoms with E-state index >= 15 is 4.39 Å². The van der Waals surface area contributed by atoms with Crippen LogP contribution in [0.25, 0.3) is 0 Å². The topological polar surface area (TPSA) is 80.3 Å². The Kier molecular flexibility index (Phi) is 5.56. The van der Waals surface area contributed by atoms with E-state index in [4.69, 9.17) is 0 Å². The molecule has 0 saturated carbocycles. The fourth-order valence-electron chi connectivity index (χ4n) is 3.43. The number of fused-ring (bicyclic) bond motifs is 1. The maximum Gasteiger partial charge on any atom is 0.431 e. The molecule has 0 aromatic heterocycles. The molecule has 0 fully saturated rings. The van der Waals surface area contributed by atoms with Crippen molar-refractivity contribution in [3.63, 3.8) is 0 Å². The highest BCUT2D eigenvalue weighted by Gasteiger charge is 2.59. The number of imide groups is 1. The minimum atomic E-state index is -5.47. The second-order valence-electron chi connectivity index (χ2n) is 7.29. The maximum absolute atomic E-state index is 15.8. The van der Waals surface area contributed by atoms with Crippen molar-refractivity contribution in [2.24, 2.45) is 5.92 Å². The van der Waals surface area contributed by atoms with Gasteiger partial charge in [-0.25, -0.2) is 4.39 Å². The zero-order valence-electron chi connectivity index (χ0n) is 16.5. The number of carbonyl (C=O) groups excluding carboxylic acids is 4. The lowest BCUT2D eigenvalue weighted by molar-refractivity contribution is -0.219. The smallest absolute Gasteiger partial charge is 0.298 e. The molecule has 0 spiro atoms. The normalized spacial score (nSPS) is 16.3. The van der Waals surface area contributed by atoms with E-state index in [1.807, 2.05) is 5.32 Å². The lowest BCUT2D eigenvalue weighted by Gasteiger charge is -2.29. The van der Waals surface area contributed by atoms with Crippen LogP contribution in [0.15, 0.2) is 36.4 Å². The van der Waals surface area contributed by atoms with Gasteiger partial charge in [0.2, 0.25) is 0 Å². The number of alkyl halides is 4. The Labute approximate surface area is 174 Å². The van der Waals surface area contributed by atoms with Crippen LogP contribution in [0.3, 0.4) is 0 Å². The van der Waals surface area contributed by atoms with Crippen molar-refractivity contribution < 1.29 is 36.7 Å². The first kappa shape index (κ1) is 22.3. The first-order chi connectivity index (χ1) is 14.4. The van der Waals surface area contributed by atoms with Crippen molar-refractivity contribution in [3.8, 4) is 0 Å². The SMILES string of the molecule is CCC(C)C(=O)c1ccc(C(F)(c2ccc3c(c2)C(=O)NC3=O)C(F)(F)F)cc1C=O. The van der Waals surface area contributed by atoms with Gasteiger partial charge in [-0.15, -0.1) is 0 Å². The van der Waals surface area contributed by atoms with E-state index < -0.39 is 46.5 Å².